The number of hydrogen-bond acceptors (Lipinski definition) is 3. The lowest BCUT2D eigenvalue weighted by molar-refractivity contribution is 0.175. The zero-order valence-corrected chi connectivity index (χ0v) is 7.23. The molecule has 0 atom stereocenters. The molecule has 0 rings (SSSR count). The molecule has 4 nitrogen and oxygen atoms in total. The van der Waals surface area contributed by atoms with Gasteiger partial charge in [-0.1, -0.05) is 0 Å². The van der Waals surface area contributed by atoms with Crippen LogP contribution in [0.1, 0.15) is 13.8 Å². The first kappa shape index (κ1) is 9.87. The lowest BCUT2D eigenvalue weighted by Gasteiger charge is -2.19. The average Bonchev–Trinajstić information content (AvgIpc) is 1.61. The minimum Gasteiger partial charge on any atom is -0.383 e. The summed E-state index contributed by atoms with van der Waals surface area (Å²) in [7, 11) is -2.05. The Labute approximate surface area is 61.4 Å². The summed E-state index contributed by atoms with van der Waals surface area (Å²) < 4.78 is 25.2. The first-order valence-corrected chi connectivity index (χ1v) is 4.37. The Hall–Kier alpha value is -0.130. The number of nitrogens with two attached hydrogens (primary N) is 1. The third kappa shape index (κ3) is 2.24. The molecule has 0 radical (unpaired) electrons. The topological polar surface area (TPSA) is 69.4 Å². The fraction of sp³-hybridized carbons (Fsp3) is 1.00. The molecule has 0 spiro atoms. The maximum atomic E-state index is 10.7. The van der Waals surface area contributed by atoms with Crippen LogP contribution < -0.4 is 5.14 Å². The Kier molecular flexibility index (Phi) is 2.82. The van der Waals surface area contributed by atoms with E-state index in [1.165, 1.54) is 21.0 Å². The smallest absolute Gasteiger partial charge is 0.216 e. The van der Waals surface area contributed by atoms with Gasteiger partial charge in [0.05, 0.1) is 6.61 Å². The van der Waals surface area contributed by atoms with E-state index in [4.69, 9.17) is 5.14 Å². The molecule has 0 saturated heterocycles. The van der Waals surface area contributed by atoms with E-state index < -0.39 is 14.8 Å². The van der Waals surface area contributed by atoms with Crippen molar-refractivity contribution in [2.75, 3.05) is 13.7 Å². The third-order valence-corrected chi connectivity index (χ3v) is 2.92. The van der Waals surface area contributed by atoms with Crippen LogP contribution in [0, 0.1) is 0 Å². The van der Waals surface area contributed by atoms with Crippen LogP contribution in [0.2, 0.25) is 0 Å². The van der Waals surface area contributed by atoms with Crippen molar-refractivity contribution < 1.29 is 13.2 Å². The number of methoxy groups -OCH3 is 1. The van der Waals surface area contributed by atoms with Crippen molar-refractivity contribution in [2.24, 2.45) is 5.14 Å². The highest BCUT2D eigenvalue weighted by Gasteiger charge is 2.30. The zero-order chi connectivity index (χ0) is 8.41. The normalized spacial score (nSPS) is 13.6. The van der Waals surface area contributed by atoms with Crippen molar-refractivity contribution in [3.8, 4) is 0 Å². The Morgan fingerprint density at radius 3 is 2.00 bits per heavy atom. The quantitative estimate of drug-likeness (QED) is 0.627. The van der Waals surface area contributed by atoms with Crippen LogP contribution in [-0.4, -0.2) is 26.9 Å². The molecule has 0 saturated carbocycles. The predicted molar refractivity (Wildman–Crippen MR) is 39.1 cm³/mol. The average molecular weight is 167 g/mol. The Bertz CT molecular complexity index is 195. The van der Waals surface area contributed by atoms with Crippen LogP contribution in [0.3, 0.4) is 0 Å². The first-order valence-electron chi connectivity index (χ1n) is 2.82. The highest BCUT2D eigenvalue weighted by atomic mass is 32.2. The van der Waals surface area contributed by atoms with Crippen LogP contribution in [-0.2, 0) is 14.8 Å². The zero-order valence-electron chi connectivity index (χ0n) is 6.42. The van der Waals surface area contributed by atoms with Crippen molar-refractivity contribution in [3.05, 3.63) is 0 Å². The fourth-order valence-electron chi connectivity index (χ4n) is 0.430. The van der Waals surface area contributed by atoms with E-state index in [1.807, 2.05) is 0 Å². The molecule has 0 aliphatic carbocycles. The molecule has 0 aromatic rings. The molecule has 0 heterocycles. The second kappa shape index (κ2) is 2.86. The molecule has 0 aliphatic rings. The van der Waals surface area contributed by atoms with Crippen LogP contribution in [0.15, 0.2) is 0 Å². The number of sulfonamides is 1. The monoisotopic (exact) mass is 167 g/mol. The molecular weight excluding hydrogens is 154 g/mol. The van der Waals surface area contributed by atoms with Gasteiger partial charge in [0.25, 0.3) is 0 Å². The standard InChI is InChI=1S/C5H13NO3S/c1-5(2,4-9-3)10(6,7)8/h4H2,1-3H3,(H2,6,7,8). The van der Waals surface area contributed by atoms with Gasteiger partial charge in [-0.15, -0.1) is 0 Å². The first-order chi connectivity index (χ1) is 4.31. The summed E-state index contributed by atoms with van der Waals surface area (Å²) >= 11 is 0. The number of hydrogen-bond donors (Lipinski definition) is 1. The number of ether oxygens (including phenoxy) is 1. The molecule has 0 aromatic heterocycles. The third-order valence-electron chi connectivity index (χ3n) is 1.26. The van der Waals surface area contributed by atoms with Gasteiger partial charge in [-0.3, -0.25) is 0 Å². The van der Waals surface area contributed by atoms with Gasteiger partial charge in [-0.25, -0.2) is 13.6 Å². The van der Waals surface area contributed by atoms with Crippen molar-refractivity contribution in [3.63, 3.8) is 0 Å². The van der Waals surface area contributed by atoms with Gasteiger partial charge in [0, 0.05) is 7.11 Å². The minimum absolute atomic E-state index is 0.117. The van der Waals surface area contributed by atoms with Gasteiger partial charge < -0.3 is 4.74 Å². The van der Waals surface area contributed by atoms with Crippen LogP contribution in [0.5, 0.6) is 0 Å². The minimum atomic E-state index is -3.49. The van der Waals surface area contributed by atoms with E-state index in [0.29, 0.717) is 0 Å². The predicted octanol–water partition coefficient (Wildman–Crippen LogP) is -0.300. The molecule has 0 bridgehead atoms. The van der Waals surface area contributed by atoms with E-state index in [1.54, 1.807) is 0 Å². The number of primary sulfonamides is 1. The summed E-state index contributed by atoms with van der Waals surface area (Å²) in [6.45, 7) is 3.16. The van der Waals surface area contributed by atoms with E-state index in [0.717, 1.165) is 0 Å². The Balaban J connectivity index is 4.42. The summed E-state index contributed by atoms with van der Waals surface area (Å²) in [4.78, 5) is 0. The summed E-state index contributed by atoms with van der Waals surface area (Å²) in [5, 5.41) is 4.89. The molecule has 0 aliphatic heterocycles. The van der Waals surface area contributed by atoms with Crippen molar-refractivity contribution in [1.29, 1.82) is 0 Å². The van der Waals surface area contributed by atoms with Gasteiger partial charge in [-0.05, 0) is 13.8 Å². The van der Waals surface area contributed by atoms with E-state index in [2.05, 4.69) is 4.74 Å². The largest absolute Gasteiger partial charge is 0.383 e. The SMILES string of the molecule is COCC(C)(C)S(N)(=O)=O. The Morgan fingerprint density at radius 2 is 1.90 bits per heavy atom. The summed E-state index contributed by atoms with van der Waals surface area (Å²) in [5.74, 6) is 0. The van der Waals surface area contributed by atoms with E-state index >= 15 is 0 Å². The van der Waals surface area contributed by atoms with Gasteiger partial charge in [-0.2, -0.15) is 0 Å². The Morgan fingerprint density at radius 1 is 1.50 bits per heavy atom. The fourth-order valence-corrected chi connectivity index (χ4v) is 0.712. The lowest BCUT2D eigenvalue weighted by atomic mass is 10.2. The summed E-state index contributed by atoms with van der Waals surface area (Å²) in [5.41, 5.74) is 0. The van der Waals surface area contributed by atoms with Gasteiger partial charge in [0.1, 0.15) is 4.75 Å². The van der Waals surface area contributed by atoms with Crippen molar-refractivity contribution in [1.82, 2.24) is 0 Å². The molecule has 0 amide bonds. The van der Waals surface area contributed by atoms with E-state index in [-0.39, 0.29) is 6.61 Å². The molecule has 5 heteroatoms. The van der Waals surface area contributed by atoms with E-state index in [9.17, 15) is 8.42 Å². The van der Waals surface area contributed by atoms with Gasteiger partial charge >= 0.3 is 0 Å². The maximum absolute atomic E-state index is 10.7. The number of rotatable bonds is 3. The highest BCUT2D eigenvalue weighted by Crippen LogP contribution is 2.11. The van der Waals surface area contributed by atoms with Crippen molar-refractivity contribution >= 4 is 10.0 Å². The van der Waals surface area contributed by atoms with Crippen LogP contribution >= 0.6 is 0 Å². The second-order valence-electron chi connectivity index (χ2n) is 2.74. The second-order valence-corrected chi connectivity index (χ2v) is 4.93. The van der Waals surface area contributed by atoms with Gasteiger partial charge in [0.15, 0.2) is 0 Å². The maximum Gasteiger partial charge on any atom is 0.216 e. The molecule has 2 N–H and O–H groups in total. The van der Waals surface area contributed by atoms with Gasteiger partial charge in [0.2, 0.25) is 10.0 Å². The lowest BCUT2D eigenvalue weighted by Crippen LogP contribution is -2.41. The molecule has 0 fully saturated rings. The molecular formula is C5H13NO3S. The summed E-state index contributed by atoms with van der Waals surface area (Å²) in [6.07, 6.45) is 0. The van der Waals surface area contributed by atoms with Crippen LogP contribution in [0.4, 0.5) is 0 Å². The highest BCUT2D eigenvalue weighted by molar-refractivity contribution is 7.90. The molecule has 10 heavy (non-hydrogen) atoms. The summed E-state index contributed by atoms with van der Waals surface area (Å²) in [6, 6.07) is 0. The molecule has 0 aromatic carbocycles. The molecule has 62 valence electrons. The van der Waals surface area contributed by atoms with Crippen molar-refractivity contribution in [2.45, 2.75) is 18.6 Å². The molecule has 0 unspecified atom stereocenters. The van der Waals surface area contributed by atoms with Crippen LogP contribution in [0.25, 0.3) is 0 Å².